The largest absolute Gasteiger partial charge is 0.462 e. The second-order valence-corrected chi connectivity index (χ2v) is 7.26. The van der Waals surface area contributed by atoms with Crippen molar-refractivity contribution < 1.29 is 9.53 Å². The second kappa shape index (κ2) is 4.10. The Labute approximate surface area is 115 Å². The van der Waals surface area contributed by atoms with Gasteiger partial charge >= 0.3 is 5.97 Å². The highest BCUT2D eigenvalue weighted by Crippen LogP contribution is 2.67. The number of hydrogen-bond donors (Lipinski definition) is 0. The van der Waals surface area contributed by atoms with E-state index in [9.17, 15) is 4.79 Å². The third-order valence-electron chi connectivity index (χ3n) is 6.47. The lowest BCUT2D eigenvalue weighted by Gasteiger charge is -2.36. The van der Waals surface area contributed by atoms with Crippen LogP contribution in [0, 0.1) is 41.4 Å². The molecule has 8 atom stereocenters. The van der Waals surface area contributed by atoms with E-state index in [1.165, 1.54) is 12.8 Å². The van der Waals surface area contributed by atoms with Crippen molar-refractivity contribution in [3.8, 4) is 0 Å². The van der Waals surface area contributed by atoms with Crippen LogP contribution in [0.4, 0.5) is 0 Å². The van der Waals surface area contributed by atoms with Crippen LogP contribution in [0.15, 0.2) is 12.2 Å². The summed E-state index contributed by atoms with van der Waals surface area (Å²) in [7, 11) is 0. The fourth-order valence-corrected chi connectivity index (χ4v) is 5.66. The van der Waals surface area contributed by atoms with Crippen molar-refractivity contribution in [2.45, 2.75) is 45.6 Å². The van der Waals surface area contributed by atoms with E-state index < -0.39 is 0 Å². The van der Waals surface area contributed by atoms with E-state index in [4.69, 9.17) is 4.74 Å². The molecule has 3 fully saturated rings. The quantitative estimate of drug-likeness (QED) is 0.441. The van der Waals surface area contributed by atoms with E-state index in [0.717, 1.165) is 42.4 Å². The Balaban J connectivity index is 1.50. The molecule has 0 aromatic carbocycles. The average Bonchev–Trinajstić information content (AvgIpc) is 3.15. The molecule has 4 rings (SSSR count). The van der Waals surface area contributed by atoms with Crippen molar-refractivity contribution in [2.24, 2.45) is 41.4 Å². The zero-order valence-corrected chi connectivity index (χ0v) is 11.9. The topological polar surface area (TPSA) is 26.3 Å². The molecular weight excluding hydrogens is 236 g/mol. The van der Waals surface area contributed by atoms with Crippen LogP contribution >= 0.6 is 0 Å². The molecular formula is C17H24O2. The molecule has 0 heterocycles. The Bertz CT molecular complexity index is 427. The summed E-state index contributed by atoms with van der Waals surface area (Å²) >= 11 is 0. The van der Waals surface area contributed by atoms with E-state index >= 15 is 0 Å². The molecule has 3 saturated carbocycles. The highest BCUT2D eigenvalue weighted by molar-refractivity contribution is 5.74. The van der Waals surface area contributed by atoms with E-state index in [-0.39, 0.29) is 18.0 Å². The van der Waals surface area contributed by atoms with Gasteiger partial charge in [0, 0.05) is 0 Å². The van der Waals surface area contributed by atoms with E-state index in [1.54, 1.807) is 0 Å². The average molecular weight is 260 g/mol. The Morgan fingerprint density at radius 3 is 2.68 bits per heavy atom. The first kappa shape index (κ1) is 12.0. The summed E-state index contributed by atoms with van der Waals surface area (Å²) in [4.78, 5) is 12.4. The fraction of sp³-hybridized carbons (Fsp3) is 0.824. The van der Waals surface area contributed by atoms with E-state index in [2.05, 4.69) is 19.1 Å². The number of hydrogen-bond acceptors (Lipinski definition) is 2. The van der Waals surface area contributed by atoms with Crippen LogP contribution in [0.1, 0.15) is 39.5 Å². The van der Waals surface area contributed by atoms with Gasteiger partial charge in [0.15, 0.2) is 0 Å². The lowest BCUT2D eigenvalue weighted by molar-refractivity contribution is -0.156. The normalized spacial score (nSPS) is 50.5. The van der Waals surface area contributed by atoms with Gasteiger partial charge in [0.25, 0.3) is 0 Å². The summed E-state index contributed by atoms with van der Waals surface area (Å²) in [6.45, 7) is 4.09. The molecule has 0 spiro atoms. The SMILES string of the molecule is CCC(C)OC(=O)C1CC2CC1C1C3C=CC(C3)C21. The number of fused-ring (bicyclic) bond motifs is 9. The van der Waals surface area contributed by atoms with Gasteiger partial charge in [-0.2, -0.15) is 0 Å². The van der Waals surface area contributed by atoms with Crippen molar-refractivity contribution in [3.05, 3.63) is 12.2 Å². The number of carbonyl (C=O) groups is 1. The Hall–Kier alpha value is -0.790. The second-order valence-electron chi connectivity index (χ2n) is 7.26. The number of allylic oxidation sites excluding steroid dienone is 2. The van der Waals surface area contributed by atoms with Crippen LogP contribution in [0.2, 0.25) is 0 Å². The third-order valence-corrected chi connectivity index (χ3v) is 6.47. The van der Waals surface area contributed by atoms with Crippen LogP contribution in [0.25, 0.3) is 0 Å². The Morgan fingerprint density at radius 2 is 1.95 bits per heavy atom. The van der Waals surface area contributed by atoms with Gasteiger partial charge in [0.1, 0.15) is 0 Å². The minimum atomic E-state index is 0.0855. The number of rotatable bonds is 3. The molecule has 19 heavy (non-hydrogen) atoms. The van der Waals surface area contributed by atoms with Crippen LogP contribution in [0.5, 0.6) is 0 Å². The van der Waals surface area contributed by atoms with E-state index in [1.807, 2.05) is 6.92 Å². The first-order valence-electron chi connectivity index (χ1n) is 8.07. The molecule has 0 aromatic rings. The van der Waals surface area contributed by atoms with Gasteiger partial charge in [-0.05, 0) is 68.1 Å². The molecule has 0 aromatic heterocycles. The molecule has 0 N–H and O–H groups in total. The molecule has 0 saturated heterocycles. The first-order valence-corrected chi connectivity index (χ1v) is 8.07. The zero-order valence-electron chi connectivity index (χ0n) is 11.9. The van der Waals surface area contributed by atoms with Gasteiger partial charge in [0.05, 0.1) is 12.0 Å². The minimum Gasteiger partial charge on any atom is -0.462 e. The number of esters is 1. The van der Waals surface area contributed by atoms with Crippen LogP contribution in [-0.2, 0) is 9.53 Å². The molecule has 0 aliphatic heterocycles. The smallest absolute Gasteiger partial charge is 0.309 e. The van der Waals surface area contributed by atoms with Crippen molar-refractivity contribution >= 4 is 5.97 Å². The van der Waals surface area contributed by atoms with Crippen molar-refractivity contribution in [1.82, 2.24) is 0 Å². The van der Waals surface area contributed by atoms with Crippen molar-refractivity contribution in [3.63, 3.8) is 0 Å². The first-order chi connectivity index (χ1) is 9.19. The monoisotopic (exact) mass is 260 g/mol. The van der Waals surface area contributed by atoms with Crippen LogP contribution in [-0.4, -0.2) is 12.1 Å². The summed E-state index contributed by atoms with van der Waals surface area (Å²) in [5, 5.41) is 0. The Morgan fingerprint density at radius 1 is 1.21 bits per heavy atom. The highest BCUT2D eigenvalue weighted by atomic mass is 16.5. The molecule has 0 amide bonds. The molecule has 104 valence electrons. The van der Waals surface area contributed by atoms with Gasteiger partial charge in [-0.1, -0.05) is 19.1 Å². The number of carbonyl (C=O) groups excluding carboxylic acids is 1. The Kier molecular flexibility index (Phi) is 2.59. The van der Waals surface area contributed by atoms with Gasteiger partial charge in [-0.3, -0.25) is 4.79 Å². The molecule has 0 radical (unpaired) electrons. The summed E-state index contributed by atoms with van der Waals surface area (Å²) in [5.74, 6) is 5.10. The van der Waals surface area contributed by atoms with Gasteiger partial charge in [-0.25, -0.2) is 0 Å². The third kappa shape index (κ3) is 1.58. The lowest BCUT2D eigenvalue weighted by Crippen LogP contribution is -2.36. The summed E-state index contributed by atoms with van der Waals surface area (Å²) in [6.07, 6.45) is 9.68. The lowest BCUT2D eigenvalue weighted by atomic mass is 9.69. The molecule has 4 aliphatic carbocycles. The van der Waals surface area contributed by atoms with Gasteiger partial charge < -0.3 is 4.74 Å². The maximum Gasteiger partial charge on any atom is 0.309 e. The van der Waals surface area contributed by atoms with Crippen LogP contribution in [0.3, 0.4) is 0 Å². The summed E-state index contributed by atoms with van der Waals surface area (Å²) < 4.78 is 5.61. The molecule has 4 bridgehead atoms. The molecule has 4 aliphatic rings. The maximum absolute atomic E-state index is 12.4. The van der Waals surface area contributed by atoms with Gasteiger partial charge in [0.2, 0.25) is 0 Å². The van der Waals surface area contributed by atoms with Crippen molar-refractivity contribution in [1.29, 1.82) is 0 Å². The van der Waals surface area contributed by atoms with E-state index in [0.29, 0.717) is 5.92 Å². The fourth-order valence-electron chi connectivity index (χ4n) is 5.66. The predicted molar refractivity (Wildman–Crippen MR) is 73.3 cm³/mol. The molecule has 8 unspecified atom stereocenters. The van der Waals surface area contributed by atoms with Gasteiger partial charge in [-0.15, -0.1) is 0 Å². The predicted octanol–water partition coefficient (Wildman–Crippen LogP) is 3.42. The summed E-state index contributed by atoms with van der Waals surface area (Å²) in [5.41, 5.74) is 0. The number of ether oxygens (including phenoxy) is 1. The highest BCUT2D eigenvalue weighted by Gasteiger charge is 2.62. The van der Waals surface area contributed by atoms with Crippen LogP contribution < -0.4 is 0 Å². The minimum absolute atomic E-state index is 0.0855. The standard InChI is InChI=1S/C17H24O2/c1-3-9(2)19-17(18)14-8-12-7-13(14)16-11-5-4-10(6-11)15(12)16/h4-5,9-16H,3,6-8H2,1-2H3. The molecule has 2 heteroatoms. The summed E-state index contributed by atoms with van der Waals surface area (Å²) in [6, 6.07) is 0. The maximum atomic E-state index is 12.4. The zero-order chi connectivity index (χ0) is 13.1. The molecule has 2 nitrogen and oxygen atoms in total. The van der Waals surface area contributed by atoms with Crippen molar-refractivity contribution in [2.75, 3.05) is 0 Å².